The normalized spacial score (nSPS) is 17.1. The van der Waals surface area contributed by atoms with Crippen LogP contribution in [0.4, 0.5) is 0 Å². The molecule has 1 aliphatic heterocycles. The molecule has 0 saturated carbocycles. The van der Waals surface area contributed by atoms with E-state index in [1.54, 1.807) is 0 Å². The summed E-state index contributed by atoms with van der Waals surface area (Å²) < 4.78 is 0. The first-order valence-electron chi connectivity index (χ1n) is 6.55. The van der Waals surface area contributed by atoms with Crippen molar-refractivity contribution < 1.29 is 9.90 Å². The monoisotopic (exact) mass is 277 g/mol. The van der Waals surface area contributed by atoms with Crippen molar-refractivity contribution in [3.05, 3.63) is 21.9 Å². The molecule has 102 valence electrons. The smallest absolute Gasteiger partial charge is 0.265 e. The third-order valence-corrected chi connectivity index (χ3v) is 4.37. The van der Waals surface area contributed by atoms with E-state index in [9.17, 15) is 4.79 Å². The number of hydrogen-bond donors (Lipinski definition) is 1. The molecule has 0 aromatic carbocycles. The summed E-state index contributed by atoms with van der Waals surface area (Å²) in [6, 6.07) is 1.88. The maximum Gasteiger partial charge on any atom is 0.265 e. The van der Waals surface area contributed by atoms with E-state index in [-0.39, 0.29) is 18.1 Å². The van der Waals surface area contributed by atoms with E-state index < -0.39 is 0 Å². The van der Waals surface area contributed by atoms with Gasteiger partial charge in [-0.05, 0) is 38.1 Å². The fraction of sp³-hybridized carbons (Fsp3) is 0.533. The lowest BCUT2D eigenvalue weighted by Crippen LogP contribution is -2.42. The van der Waals surface area contributed by atoms with Gasteiger partial charge in [0.05, 0.1) is 6.61 Å². The third kappa shape index (κ3) is 2.99. The molecule has 1 aliphatic rings. The zero-order valence-corrected chi connectivity index (χ0v) is 12.2. The lowest BCUT2D eigenvalue weighted by atomic mass is 10.0. The minimum absolute atomic E-state index is 0.0551. The molecule has 1 aromatic heterocycles. The van der Waals surface area contributed by atoms with Crippen molar-refractivity contribution in [2.75, 3.05) is 13.2 Å². The quantitative estimate of drug-likeness (QED) is 0.844. The predicted octanol–water partition coefficient (Wildman–Crippen LogP) is 2.50. The number of hydrogen-bond acceptors (Lipinski definition) is 3. The predicted molar refractivity (Wildman–Crippen MR) is 77.2 cm³/mol. The number of amides is 1. The molecule has 4 heteroatoms. The highest BCUT2D eigenvalue weighted by atomic mass is 32.1. The molecule has 1 aromatic rings. The van der Waals surface area contributed by atoms with Gasteiger partial charge in [-0.2, -0.15) is 0 Å². The summed E-state index contributed by atoms with van der Waals surface area (Å²) in [5, 5.41) is 10.6. The van der Waals surface area contributed by atoms with Gasteiger partial charge in [-0.25, -0.2) is 0 Å². The van der Waals surface area contributed by atoms with Gasteiger partial charge in [0, 0.05) is 24.1 Å². The van der Waals surface area contributed by atoms with Crippen LogP contribution in [-0.2, 0) is 0 Å². The van der Waals surface area contributed by atoms with Crippen LogP contribution in [0.25, 0.3) is 0 Å². The van der Waals surface area contributed by atoms with Crippen molar-refractivity contribution in [2.45, 2.75) is 38.6 Å². The molecule has 2 heterocycles. The second-order valence-corrected chi connectivity index (χ2v) is 6.23. The van der Waals surface area contributed by atoms with Crippen molar-refractivity contribution in [1.29, 1.82) is 0 Å². The SMILES string of the molecule is CC1(C)CCCN1C(=O)c1sccc1C#CCCO. The molecule has 1 N–H and O–H groups in total. The molecular weight excluding hydrogens is 258 g/mol. The summed E-state index contributed by atoms with van der Waals surface area (Å²) in [6.45, 7) is 5.11. The lowest BCUT2D eigenvalue weighted by Gasteiger charge is -2.31. The van der Waals surface area contributed by atoms with E-state index in [1.165, 1.54) is 11.3 Å². The van der Waals surface area contributed by atoms with E-state index in [4.69, 9.17) is 5.11 Å². The number of nitrogens with zero attached hydrogens (tertiary/aromatic N) is 1. The highest BCUT2D eigenvalue weighted by molar-refractivity contribution is 7.12. The van der Waals surface area contributed by atoms with Gasteiger partial charge in [0.25, 0.3) is 5.91 Å². The van der Waals surface area contributed by atoms with Gasteiger partial charge in [-0.1, -0.05) is 11.8 Å². The first-order chi connectivity index (χ1) is 9.06. The van der Waals surface area contributed by atoms with E-state index in [0.717, 1.165) is 29.8 Å². The molecule has 1 saturated heterocycles. The Morgan fingerprint density at radius 2 is 2.37 bits per heavy atom. The van der Waals surface area contributed by atoms with E-state index in [2.05, 4.69) is 25.7 Å². The summed E-state index contributed by atoms with van der Waals surface area (Å²) in [6.07, 6.45) is 2.56. The van der Waals surface area contributed by atoms with E-state index in [0.29, 0.717) is 6.42 Å². The van der Waals surface area contributed by atoms with Gasteiger partial charge in [-0.3, -0.25) is 4.79 Å². The Bertz CT molecular complexity index is 522. The Morgan fingerprint density at radius 3 is 3.00 bits per heavy atom. The third-order valence-electron chi connectivity index (χ3n) is 3.47. The zero-order valence-electron chi connectivity index (χ0n) is 11.4. The Balaban J connectivity index is 2.21. The summed E-state index contributed by atoms with van der Waals surface area (Å²) >= 11 is 1.45. The maximum absolute atomic E-state index is 12.6. The van der Waals surface area contributed by atoms with Crippen LogP contribution in [0.5, 0.6) is 0 Å². The Kier molecular flexibility index (Phi) is 4.28. The van der Waals surface area contributed by atoms with Crippen molar-refractivity contribution in [3.8, 4) is 11.8 Å². The number of thiophene rings is 1. The van der Waals surface area contributed by atoms with Crippen LogP contribution in [-0.4, -0.2) is 34.6 Å². The van der Waals surface area contributed by atoms with Gasteiger partial charge in [0.2, 0.25) is 0 Å². The number of carbonyl (C=O) groups is 1. The minimum atomic E-state index is -0.0587. The van der Waals surface area contributed by atoms with Gasteiger partial charge in [0.1, 0.15) is 4.88 Å². The van der Waals surface area contributed by atoms with Gasteiger partial charge in [0.15, 0.2) is 0 Å². The average Bonchev–Trinajstić information content (AvgIpc) is 2.95. The summed E-state index contributed by atoms with van der Waals surface area (Å²) in [5.41, 5.74) is 0.725. The second kappa shape index (κ2) is 5.77. The highest BCUT2D eigenvalue weighted by Crippen LogP contribution is 2.31. The molecule has 3 nitrogen and oxygen atoms in total. The molecule has 19 heavy (non-hydrogen) atoms. The minimum Gasteiger partial charge on any atom is -0.395 e. The topological polar surface area (TPSA) is 40.5 Å². The molecule has 0 spiro atoms. The fourth-order valence-corrected chi connectivity index (χ4v) is 3.19. The van der Waals surface area contributed by atoms with Crippen LogP contribution in [0, 0.1) is 11.8 Å². The Labute approximate surface area is 118 Å². The van der Waals surface area contributed by atoms with Crippen LogP contribution in [0.1, 0.15) is 48.3 Å². The van der Waals surface area contributed by atoms with Gasteiger partial charge in [-0.15, -0.1) is 11.3 Å². The molecular formula is C15H19NO2S. The van der Waals surface area contributed by atoms with Crippen molar-refractivity contribution in [2.24, 2.45) is 0 Å². The molecule has 0 aliphatic carbocycles. The van der Waals surface area contributed by atoms with Crippen LogP contribution in [0.15, 0.2) is 11.4 Å². The zero-order chi connectivity index (χ0) is 13.9. The van der Waals surface area contributed by atoms with Crippen LogP contribution < -0.4 is 0 Å². The molecule has 0 bridgehead atoms. The molecule has 0 radical (unpaired) electrons. The number of aliphatic hydroxyl groups is 1. The fourth-order valence-electron chi connectivity index (χ4n) is 2.39. The van der Waals surface area contributed by atoms with Crippen LogP contribution in [0.2, 0.25) is 0 Å². The number of aliphatic hydroxyl groups excluding tert-OH is 1. The highest BCUT2D eigenvalue weighted by Gasteiger charge is 2.36. The van der Waals surface area contributed by atoms with Crippen molar-refractivity contribution in [3.63, 3.8) is 0 Å². The molecule has 2 rings (SSSR count). The average molecular weight is 277 g/mol. The van der Waals surface area contributed by atoms with Crippen molar-refractivity contribution in [1.82, 2.24) is 4.90 Å². The van der Waals surface area contributed by atoms with Crippen LogP contribution >= 0.6 is 11.3 Å². The molecule has 1 fully saturated rings. The maximum atomic E-state index is 12.6. The van der Waals surface area contributed by atoms with E-state index >= 15 is 0 Å². The van der Waals surface area contributed by atoms with Gasteiger partial charge < -0.3 is 10.0 Å². The number of likely N-dealkylation sites (tertiary alicyclic amines) is 1. The largest absolute Gasteiger partial charge is 0.395 e. The first kappa shape index (κ1) is 14.1. The molecule has 0 atom stereocenters. The molecule has 1 amide bonds. The number of carbonyl (C=O) groups excluding carboxylic acids is 1. The summed E-state index contributed by atoms with van der Waals surface area (Å²) in [5.74, 6) is 5.95. The molecule has 0 unspecified atom stereocenters. The Hall–Kier alpha value is -1.31. The standard InChI is InChI=1S/C15H19NO2S/c1-15(2)8-5-9-16(15)14(18)13-12(7-11-19-13)6-3-4-10-17/h7,11,17H,4-5,8-10H2,1-2H3. The summed E-state index contributed by atoms with van der Waals surface area (Å²) in [7, 11) is 0. The second-order valence-electron chi connectivity index (χ2n) is 5.31. The van der Waals surface area contributed by atoms with Crippen LogP contribution in [0.3, 0.4) is 0 Å². The Morgan fingerprint density at radius 1 is 1.58 bits per heavy atom. The first-order valence-corrected chi connectivity index (χ1v) is 7.43. The van der Waals surface area contributed by atoms with E-state index in [1.807, 2.05) is 16.3 Å². The van der Waals surface area contributed by atoms with Gasteiger partial charge >= 0.3 is 0 Å². The lowest BCUT2D eigenvalue weighted by molar-refractivity contribution is 0.0657. The summed E-state index contributed by atoms with van der Waals surface area (Å²) in [4.78, 5) is 15.3. The van der Waals surface area contributed by atoms with Crippen molar-refractivity contribution >= 4 is 17.2 Å². The number of rotatable bonds is 2.